The molecule has 0 spiro atoms. The Balaban J connectivity index is 2.02. The summed E-state index contributed by atoms with van der Waals surface area (Å²) in [6.07, 6.45) is 2.59. The molecule has 0 aliphatic heterocycles. The quantitative estimate of drug-likeness (QED) is 0.623. The molecule has 1 aromatic carbocycles. The van der Waals surface area contributed by atoms with Crippen molar-refractivity contribution < 1.29 is 4.74 Å². The molecule has 0 atom stereocenters. The summed E-state index contributed by atoms with van der Waals surface area (Å²) in [5, 5.41) is 3.12. The molecule has 1 heterocycles. The van der Waals surface area contributed by atoms with E-state index in [1.54, 1.807) is 17.4 Å². The highest BCUT2D eigenvalue weighted by molar-refractivity contribution is 7.13. The molecular formula is C15H18N2OS. The second-order valence-corrected chi connectivity index (χ2v) is 5.04. The van der Waals surface area contributed by atoms with Gasteiger partial charge in [0.15, 0.2) is 0 Å². The van der Waals surface area contributed by atoms with Crippen molar-refractivity contribution in [1.29, 1.82) is 0 Å². The zero-order valence-electron chi connectivity index (χ0n) is 10.8. The van der Waals surface area contributed by atoms with Crippen LogP contribution in [0, 0.1) is 0 Å². The summed E-state index contributed by atoms with van der Waals surface area (Å²) in [5.41, 5.74) is 8.90. The number of benzene rings is 1. The van der Waals surface area contributed by atoms with E-state index in [4.69, 9.17) is 10.5 Å². The number of aromatic nitrogens is 1. The fraction of sp³-hybridized carbons (Fsp3) is 0.267. The van der Waals surface area contributed by atoms with Crippen molar-refractivity contribution in [1.82, 2.24) is 4.98 Å². The molecule has 3 nitrogen and oxygen atoms in total. The van der Waals surface area contributed by atoms with Gasteiger partial charge in [-0.2, -0.15) is 0 Å². The first-order chi connectivity index (χ1) is 9.33. The third-order valence-electron chi connectivity index (χ3n) is 2.66. The minimum Gasteiger partial charge on any atom is -0.373 e. The Kier molecular flexibility index (Phi) is 5.27. The molecule has 0 amide bonds. The van der Waals surface area contributed by atoms with Gasteiger partial charge in [0.2, 0.25) is 0 Å². The van der Waals surface area contributed by atoms with E-state index in [1.165, 1.54) is 0 Å². The average Bonchev–Trinajstić information content (AvgIpc) is 2.89. The molecule has 19 heavy (non-hydrogen) atoms. The van der Waals surface area contributed by atoms with Crippen molar-refractivity contribution in [2.45, 2.75) is 13.0 Å². The van der Waals surface area contributed by atoms with Gasteiger partial charge < -0.3 is 10.5 Å². The SMILES string of the molecule is C=CCOCc1ccc(-c2nc(CCN)cs2)cc1. The van der Waals surface area contributed by atoms with Gasteiger partial charge in [-0.3, -0.25) is 0 Å². The summed E-state index contributed by atoms with van der Waals surface area (Å²) in [5.74, 6) is 0. The van der Waals surface area contributed by atoms with E-state index in [0.29, 0.717) is 19.8 Å². The summed E-state index contributed by atoms with van der Waals surface area (Å²) in [4.78, 5) is 4.57. The summed E-state index contributed by atoms with van der Waals surface area (Å²) in [7, 11) is 0. The van der Waals surface area contributed by atoms with Crippen LogP contribution in [0.4, 0.5) is 0 Å². The number of hydrogen-bond acceptors (Lipinski definition) is 4. The molecule has 0 unspecified atom stereocenters. The molecule has 2 N–H and O–H groups in total. The van der Waals surface area contributed by atoms with E-state index >= 15 is 0 Å². The monoisotopic (exact) mass is 274 g/mol. The molecule has 0 saturated carbocycles. The third kappa shape index (κ3) is 3.99. The molecule has 4 heteroatoms. The van der Waals surface area contributed by atoms with Crippen LogP contribution < -0.4 is 5.73 Å². The van der Waals surface area contributed by atoms with E-state index < -0.39 is 0 Å². The second kappa shape index (κ2) is 7.19. The maximum absolute atomic E-state index is 5.53. The van der Waals surface area contributed by atoms with Crippen LogP contribution in [-0.2, 0) is 17.8 Å². The van der Waals surface area contributed by atoms with Gasteiger partial charge >= 0.3 is 0 Å². The van der Waals surface area contributed by atoms with Crippen molar-refractivity contribution >= 4 is 11.3 Å². The maximum Gasteiger partial charge on any atom is 0.123 e. The Morgan fingerprint density at radius 3 is 2.79 bits per heavy atom. The minimum absolute atomic E-state index is 0.580. The molecule has 0 aliphatic carbocycles. The number of hydrogen-bond donors (Lipinski definition) is 1. The fourth-order valence-corrected chi connectivity index (χ4v) is 2.57. The molecule has 0 radical (unpaired) electrons. The van der Waals surface area contributed by atoms with E-state index in [9.17, 15) is 0 Å². The van der Waals surface area contributed by atoms with Crippen LogP contribution in [0.15, 0.2) is 42.3 Å². The van der Waals surface area contributed by atoms with Gasteiger partial charge in [-0.25, -0.2) is 4.98 Å². The Morgan fingerprint density at radius 1 is 1.32 bits per heavy atom. The molecule has 0 fully saturated rings. The third-order valence-corrected chi connectivity index (χ3v) is 3.60. The second-order valence-electron chi connectivity index (χ2n) is 4.18. The van der Waals surface area contributed by atoms with Crippen molar-refractivity contribution in [2.75, 3.05) is 13.2 Å². The smallest absolute Gasteiger partial charge is 0.123 e. The van der Waals surface area contributed by atoms with Gasteiger partial charge in [0.1, 0.15) is 5.01 Å². The minimum atomic E-state index is 0.580. The van der Waals surface area contributed by atoms with Crippen LogP contribution >= 0.6 is 11.3 Å². The predicted molar refractivity (Wildman–Crippen MR) is 80.2 cm³/mol. The number of thiazole rings is 1. The summed E-state index contributed by atoms with van der Waals surface area (Å²) >= 11 is 1.66. The first kappa shape index (κ1) is 13.9. The van der Waals surface area contributed by atoms with Crippen molar-refractivity contribution in [3.63, 3.8) is 0 Å². The number of rotatable bonds is 7. The van der Waals surface area contributed by atoms with Crippen LogP contribution in [0.3, 0.4) is 0 Å². The van der Waals surface area contributed by atoms with Crippen molar-refractivity contribution in [3.8, 4) is 10.6 Å². The van der Waals surface area contributed by atoms with Crippen molar-refractivity contribution in [3.05, 3.63) is 53.6 Å². The maximum atomic E-state index is 5.53. The lowest BCUT2D eigenvalue weighted by Crippen LogP contribution is -2.02. The highest BCUT2D eigenvalue weighted by Gasteiger charge is 2.04. The molecular weight excluding hydrogens is 256 g/mol. The first-order valence-corrected chi connectivity index (χ1v) is 7.14. The zero-order valence-corrected chi connectivity index (χ0v) is 11.7. The largest absolute Gasteiger partial charge is 0.373 e. The van der Waals surface area contributed by atoms with Gasteiger partial charge in [0.05, 0.1) is 18.9 Å². The summed E-state index contributed by atoms with van der Waals surface area (Å²) in [6, 6.07) is 8.31. The average molecular weight is 274 g/mol. The predicted octanol–water partition coefficient (Wildman–Crippen LogP) is 3.01. The molecule has 0 bridgehead atoms. The standard InChI is InChI=1S/C15H18N2OS/c1-2-9-18-10-12-3-5-13(6-4-12)15-17-14(7-8-16)11-19-15/h2-6,11H,1,7-10,16H2. The molecule has 1 aromatic heterocycles. The fourth-order valence-electron chi connectivity index (χ4n) is 1.71. The Bertz CT molecular complexity index is 519. The lowest BCUT2D eigenvalue weighted by molar-refractivity contribution is 0.149. The summed E-state index contributed by atoms with van der Waals surface area (Å²) in [6.45, 7) is 5.46. The lowest BCUT2D eigenvalue weighted by Gasteiger charge is -2.02. The van der Waals surface area contributed by atoms with Gasteiger partial charge in [-0.15, -0.1) is 17.9 Å². The van der Waals surface area contributed by atoms with Crippen LogP contribution in [0.2, 0.25) is 0 Å². The highest BCUT2D eigenvalue weighted by atomic mass is 32.1. The topological polar surface area (TPSA) is 48.1 Å². The molecule has 2 rings (SSSR count). The number of ether oxygens (including phenoxy) is 1. The Hall–Kier alpha value is -1.49. The van der Waals surface area contributed by atoms with Crippen LogP contribution in [0.5, 0.6) is 0 Å². The molecule has 2 aromatic rings. The normalized spacial score (nSPS) is 10.6. The summed E-state index contributed by atoms with van der Waals surface area (Å²) < 4.78 is 5.41. The Labute approximate surface area is 117 Å². The zero-order chi connectivity index (χ0) is 13.5. The molecule has 100 valence electrons. The molecule has 0 saturated heterocycles. The Morgan fingerprint density at radius 2 is 2.11 bits per heavy atom. The van der Waals surface area contributed by atoms with Gasteiger partial charge in [-0.05, 0) is 12.1 Å². The van der Waals surface area contributed by atoms with E-state index in [-0.39, 0.29) is 0 Å². The van der Waals surface area contributed by atoms with E-state index in [1.807, 2.05) is 0 Å². The van der Waals surface area contributed by atoms with Crippen molar-refractivity contribution in [2.24, 2.45) is 5.73 Å². The lowest BCUT2D eigenvalue weighted by atomic mass is 10.1. The van der Waals surface area contributed by atoms with Gasteiger partial charge in [-0.1, -0.05) is 30.3 Å². The highest BCUT2D eigenvalue weighted by Crippen LogP contribution is 2.24. The molecule has 0 aliphatic rings. The van der Waals surface area contributed by atoms with E-state index in [0.717, 1.165) is 28.2 Å². The van der Waals surface area contributed by atoms with Crippen LogP contribution in [0.25, 0.3) is 10.6 Å². The van der Waals surface area contributed by atoms with Gasteiger partial charge in [0, 0.05) is 17.4 Å². The number of nitrogens with two attached hydrogens (primary N) is 1. The van der Waals surface area contributed by atoms with Crippen LogP contribution in [0.1, 0.15) is 11.3 Å². The first-order valence-electron chi connectivity index (χ1n) is 6.26. The van der Waals surface area contributed by atoms with Crippen LogP contribution in [-0.4, -0.2) is 18.1 Å². The van der Waals surface area contributed by atoms with E-state index in [2.05, 4.69) is 41.2 Å². The van der Waals surface area contributed by atoms with Gasteiger partial charge in [0.25, 0.3) is 0 Å². The number of nitrogens with zero attached hydrogens (tertiary/aromatic N) is 1.